The molecular weight excluding hydrogens is 442 g/mol. The van der Waals surface area contributed by atoms with E-state index in [9.17, 15) is 21.6 Å². The molecule has 9 nitrogen and oxygen atoms in total. The van der Waals surface area contributed by atoms with Gasteiger partial charge in [-0.3, -0.25) is 9.52 Å². The van der Waals surface area contributed by atoms with E-state index in [4.69, 9.17) is 9.88 Å². The summed E-state index contributed by atoms with van der Waals surface area (Å²) in [5.41, 5.74) is 0.671. The van der Waals surface area contributed by atoms with Gasteiger partial charge in [-0.1, -0.05) is 18.2 Å². The molecule has 0 atom stereocenters. The average molecular weight is 462 g/mol. The summed E-state index contributed by atoms with van der Waals surface area (Å²) < 4.78 is 55.7. The van der Waals surface area contributed by atoms with Crippen LogP contribution in [0.25, 0.3) is 0 Å². The number of para-hydroxylation sites is 1. The molecule has 0 spiro atoms. The topological polar surface area (TPSA) is 145 Å². The van der Waals surface area contributed by atoms with E-state index in [1.807, 2.05) is 0 Å². The van der Waals surface area contributed by atoms with E-state index in [-0.39, 0.29) is 21.1 Å². The van der Waals surface area contributed by atoms with Crippen LogP contribution in [-0.4, -0.2) is 29.9 Å². The van der Waals surface area contributed by atoms with Crippen molar-refractivity contribution in [2.24, 2.45) is 5.14 Å². The smallest absolute Gasteiger partial charge is 0.261 e. The summed E-state index contributed by atoms with van der Waals surface area (Å²) in [5.74, 6) is -0.503. The monoisotopic (exact) mass is 461 g/mol. The fourth-order valence-electron chi connectivity index (χ4n) is 2.68. The maximum Gasteiger partial charge on any atom is 0.261 e. The van der Waals surface area contributed by atoms with Crippen LogP contribution in [0, 0.1) is 0 Å². The van der Waals surface area contributed by atoms with E-state index in [1.165, 1.54) is 43.5 Å². The Morgan fingerprint density at radius 2 is 1.45 bits per heavy atom. The van der Waals surface area contributed by atoms with Crippen molar-refractivity contribution < 1.29 is 26.4 Å². The van der Waals surface area contributed by atoms with Crippen molar-refractivity contribution in [3.63, 3.8) is 0 Å². The number of methoxy groups -OCH3 is 1. The van der Waals surface area contributed by atoms with Crippen molar-refractivity contribution in [1.29, 1.82) is 0 Å². The molecule has 4 N–H and O–H groups in total. The number of carbonyl (C=O) groups is 1. The van der Waals surface area contributed by atoms with Crippen LogP contribution < -0.4 is 19.9 Å². The predicted octanol–water partition coefficient (Wildman–Crippen LogP) is 2.40. The SMILES string of the molecule is COc1ccc(S(N)(=O)=O)cc1C(=O)Nc1ccc(S(=O)(=O)Nc2ccccc2)cc1. The Hall–Kier alpha value is -3.41. The van der Waals surface area contributed by atoms with E-state index in [2.05, 4.69) is 10.0 Å². The molecule has 0 bridgehead atoms. The zero-order valence-corrected chi connectivity index (χ0v) is 17.9. The Morgan fingerprint density at radius 1 is 0.839 bits per heavy atom. The molecule has 0 saturated carbocycles. The number of anilines is 2. The van der Waals surface area contributed by atoms with Crippen molar-refractivity contribution in [3.05, 3.63) is 78.4 Å². The summed E-state index contributed by atoms with van der Waals surface area (Å²) in [6.07, 6.45) is 0. The molecule has 3 rings (SSSR count). The van der Waals surface area contributed by atoms with Gasteiger partial charge in [0.05, 0.1) is 22.5 Å². The molecule has 0 aliphatic heterocycles. The van der Waals surface area contributed by atoms with Crippen LogP contribution in [0.2, 0.25) is 0 Å². The van der Waals surface area contributed by atoms with Crippen LogP contribution in [0.4, 0.5) is 11.4 Å². The van der Waals surface area contributed by atoms with Crippen molar-refractivity contribution in [2.75, 3.05) is 17.1 Å². The highest BCUT2D eigenvalue weighted by molar-refractivity contribution is 7.92. The molecule has 0 aliphatic rings. The molecule has 1 amide bonds. The second-order valence-corrected chi connectivity index (χ2v) is 9.60. The van der Waals surface area contributed by atoms with Crippen molar-refractivity contribution in [1.82, 2.24) is 0 Å². The van der Waals surface area contributed by atoms with Crippen molar-refractivity contribution >= 4 is 37.3 Å². The van der Waals surface area contributed by atoms with Gasteiger partial charge in [0.1, 0.15) is 5.75 Å². The maximum atomic E-state index is 12.6. The summed E-state index contributed by atoms with van der Waals surface area (Å²) in [5, 5.41) is 7.69. The summed E-state index contributed by atoms with van der Waals surface area (Å²) in [4.78, 5) is 12.4. The molecule has 0 unspecified atom stereocenters. The number of hydrogen-bond acceptors (Lipinski definition) is 6. The Morgan fingerprint density at radius 3 is 2.03 bits per heavy atom. The van der Waals surface area contributed by atoms with Gasteiger partial charge >= 0.3 is 0 Å². The van der Waals surface area contributed by atoms with E-state index in [1.54, 1.807) is 30.3 Å². The number of rotatable bonds is 7. The third-order valence-electron chi connectivity index (χ3n) is 4.19. The van der Waals surface area contributed by atoms with Crippen LogP contribution in [0.1, 0.15) is 10.4 Å². The Kier molecular flexibility index (Phi) is 6.29. The number of ether oxygens (including phenoxy) is 1. The molecule has 0 aromatic heterocycles. The molecule has 31 heavy (non-hydrogen) atoms. The number of amides is 1. The molecule has 3 aromatic rings. The van der Waals surface area contributed by atoms with Crippen LogP contribution in [0.15, 0.2) is 82.6 Å². The number of primary sulfonamides is 1. The molecular formula is C20H19N3O6S2. The lowest BCUT2D eigenvalue weighted by atomic mass is 10.2. The lowest BCUT2D eigenvalue weighted by molar-refractivity contribution is 0.102. The van der Waals surface area contributed by atoms with Gasteiger partial charge in [-0.15, -0.1) is 0 Å². The first-order valence-electron chi connectivity index (χ1n) is 8.80. The van der Waals surface area contributed by atoms with Gasteiger partial charge in [0, 0.05) is 11.4 Å². The number of benzene rings is 3. The quantitative estimate of drug-likeness (QED) is 0.493. The molecule has 11 heteroatoms. The molecule has 162 valence electrons. The van der Waals surface area contributed by atoms with Gasteiger partial charge < -0.3 is 10.1 Å². The lowest BCUT2D eigenvalue weighted by Crippen LogP contribution is -2.17. The third-order valence-corrected chi connectivity index (χ3v) is 6.50. The second-order valence-electron chi connectivity index (χ2n) is 6.36. The number of sulfonamides is 2. The zero-order valence-electron chi connectivity index (χ0n) is 16.3. The first kappa shape index (κ1) is 22.3. The van der Waals surface area contributed by atoms with Gasteiger partial charge in [0.2, 0.25) is 10.0 Å². The van der Waals surface area contributed by atoms with Gasteiger partial charge in [-0.25, -0.2) is 22.0 Å². The first-order valence-corrected chi connectivity index (χ1v) is 11.8. The summed E-state index contributed by atoms with van der Waals surface area (Å²) in [6.45, 7) is 0. The van der Waals surface area contributed by atoms with E-state index >= 15 is 0 Å². The summed E-state index contributed by atoms with van der Waals surface area (Å²) in [6, 6.07) is 17.5. The van der Waals surface area contributed by atoms with E-state index in [0.717, 1.165) is 6.07 Å². The van der Waals surface area contributed by atoms with Crippen LogP contribution in [0.5, 0.6) is 5.75 Å². The highest BCUT2D eigenvalue weighted by atomic mass is 32.2. The van der Waals surface area contributed by atoms with E-state index in [0.29, 0.717) is 11.4 Å². The molecule has 0 saturated heterocycles. The van der Waals surface area contributed by atoms with E-state index < -0.39 is 26.0 Å². The molecule has 0 radical (unpaired) electrons. The minimum Gasteiger partial charge on any atom is -0.496 e. The standard InChI is InChI=1S/C20H19N3O6S2/c1-29-19-12-11-17(30(21,25)26)13-18(19)20(24)22-14-7-9-16(10-8-14)31(27,28)23-15-5-3-2-4-6-15/h2-13,23H,1H3,(H,22,24)(H2,21,25,26). The maximum absolute atomic E-state index is 12.6. The molecule has 3 aromatic carbocycles. The van der Waals surface area contributed by atoms with Gasteiger partial charge in [-0.2, -0.15) is 0 Å². The van der Waals surface area contributed by atoms with Crippen molar-refractivity contribution in [3.8, 4) is 5.75 Å². The number of nitrogens with one attached hydrogen (secondary N) is 2. The minimum absolute atomic E-state index is 0.00292. The predicted molar refractivity (Wildman–Crippen MR) is 116 cm³/mol. The Balaban J connectivity index is 1.81. The molecule has 0 fully saturated rings. The summed E-state index contributed by atoms with van der Waals surface area (Å²) in [7, 11) is -6.48. The normalized spacial score (nSPS) is 11.5. The average Bonchev–Trinajstić information content (AvgIpc) is 2.73. The molecule has 0 heterocycles. The highest BCUT2D eigenvalue weighted by Gasteiger charge is 2.18. The van der Waals surface area contributed by atoms with Gasteiger partial charge in [-0.05, 0) is 54.6 Å². The van der Waals surface area contributed by atoms with Crippen molar-refractivity contribution in [2.45, 2.75) is 9.79 Å². The van der Waals surface area contributed by atoms with Crippen LogP contribution >= 0.6 is 0 Å². The zero-order chi connectivity index (χ0) is 22.6. The van der Waals surface area contributed by atoms with Crippen LogP contribution in [0.3, 0.4) is 0 Å². The number of hydrogen-bond donors (Lipinski definition) is 3. The lowest BCUT2D eigenvalue weighted by Gasteiger charge is -2.12. The summed E-state index contributed by atoms with van der Waals surface area (Å²) >= 11 is 0. The third kappa shape index (κ3) is 5.40. The first-order chi connectivity index (χ1) is 14.6. The van der Waals surface area contributed by atoms with Gasteiger partial charge in [0.25, 0.3) is 15.9 Å². The number of nitrogens with two attached hydrogens (primary N) is 1. The van der Waals surface area contributed by atoms with Gasteiger partial charge in [0.15, 0.2) is 0 Å². The largest absolute Gasteiger partial charge is 0.496 e. The van der Waals surface area contributed by atoms with Crippen LogP contribution in [-0.2, 0) is 20.0 Å². The fourth-order valence-corrected chi connectivity index (χ4v) is 4.28. The Bertz CT molecular complexity index is 1310. The number of carbonyl (C=O) groups excluding carboxylic acids is 1. The highest BCUT2D eigenvalue weighted by Crippen LogP contribution is 2.24. The fraction of sp³-hybridized carbons (Fsp3) is 0.0500. The Labute approximate surface area is 180 Å². The minimum atomic E-state index is -4.01. The molecule has 0 aliphatic carbocycles. The second kappa shape index (κ2) is 8.76.